The van der Waals surface area contributed by atoms with Crippen molar-refractivity contribution in [3.63, 3.8) is 0 Å². The molecule has 1 heterocycles. The Morgan fingerprint density at radius 3 is 2.47 bits per heavy atom. The van der Waals surface area contributed by atoms with Crippen LogP contribution >= 0.6 is 0 Å². The SMILES string of the molecule is [2H]C1([2H])OS(=O)N(C(=O)OC(C)(C)C)C1C(F)(F)F. The summed E-state index contributed by atoms with van der Waals surface area (Å²) in [5.41, 5.74) is -1.12. The summed E-state index contributed by atoms with van der Waals surface area (Å²) >= 11 is -2.91. The van der Waals surface area contributed by atoms with Gasteiger partial charge in [-0.15, -0.1) is 0 Å². The first-order chi connectivity index (χ1) is 8.26. The smallest absolute Gasteiger partial charge is 0.424 e. The number of carbonyl (C=O) groups is 1. The molecule has 0 saturated carbocycles. The maximum atomic E-state index is 12.8. The molecule has 1 fully saturated rings. The maximum absolute atomic E-state index is 12.8. The lowest BCUT2D eigenvalue weighted by molar-refractivity contribution is -0.168. The zero-order valence-corrected chi connectivity index (χ0v) is 10.0. The van der Waals surface area contributed by atoms with Crippen molar-refractivity contribution in [2.24, 2.45) is 0 Å². The minimum atomic E-state index is -5.15. The van der Waals surface area contributed by atoms with E-state index in [4.69, 9.17) is 2.74 Å². The summed E-state index contributed by atoms with van der Waals surface area (Å²) in [6.07, 6.45) is -6.71. The van der Waals surface area contributed by atoms with Crippen molar-refractivity contribution in [2.75, 3.05) is 6.56 Å². The largest absolute Gasteiger partial charge is 0.443 e. The Morgan fingerprint density at radius 2 is 2.06 bits per heavy atom. The second kappa shape index (κ2) is 4.45. The molecule has 2 atom stereocenters. The van der Waals surface area contributed by atoms with Crippen molar-refractivity contribution in [1.29, 1.82) is 0 Å². The first kappa shape index (κ1) is 11.3. The number of nitrogens with zero attached hydrogens (tertiary/aromatic N) is 1. The minimum absolute atomic E-state index is 0.286. The van der Waals surface area contributed by atoms with Gasteiger partial charge in [-0.3, -0.25) is 4.18 Å². The summed E-state index contributed by atoms with van der Waals surface area (Å²) in [5.74, 6) is 0. The Morgan fingerprint density at radius 1 is 1.53 bits per heavy atom. The molecule has 0 spiro atoms. The Labute approximate surface area is 101 Å². The molecule has 2 unspecified atom stereocenters. The third kappa shape index (κ3) is 3.56. The first-order valence-corrected chi connectivity index (χ1v) is 5.49. The third-order valence-corrected chi connectivity index (χ3v) is 2.43. The number of rotatable bonds is 0. The van der Waals surface area contributed by atoms with Crippen LogP contribution in [0.15, 0.2) is 0 Å². The van der Waals surface area contributed by atoms with E-state index in [1.165, 1.54) is 20.8 Å². The number of carbonyl (C=O) groups excluding carboxylic acids is 1. The van der Waals surface area contributed by atoms with Gasteiger partial charge in [0.05, 0.1) is 9.30 Å². The first-order valence-electron chi connectivity index (χ1n) is 5.46. The number of hydrogen-bond donors (Lipinski definition) is 0. The van der Waals surface area contributed by atoms with Gasteiger partial charge >= 0.3 is 12.3 Å². The van der Waals surface area contributed by atoms with Crippen molar-refractivity contribution < 1.29 is 33.8 Å². The van der Waals surface area contributed by atoms with Gasteiger partial charge in [-0.2, -0.15) is 17.5 Å². The standard InChI is InChI=1S/C8H12F3NO4S/c1-7(2,3)16-6(13)12-5(8(9,10)11)4-15-17(12)14/h5H,4H2,1-3H3/i4D2. The van der Waals surface area contributed by atoms with Gasteiger partial charge in [-0.25, -0.2) is 9.00 Å². The molecule has 0 N–H and O–H groups in total. The summed E-state index contributed by atoms with van der Waals surface area (Å²) in [6, 6.07) is -2.99. The lowest BCUT2D eigenvalue weighted by Crippen LogP contribution is -2.47. The van der Waals surface area contributed by atoms with Crippen LogP contribution in [0.5, 0.6) is 0 Å². The monoisotopic (exact) mass is 277 g/mol. The van der Waals surface area contributed by atoms with Crippen LogP contribution in [0, 0.1) is 0 Å². The summed E-state index contributed by atoms with van der Waals surface area (Å²) in [5, 5.41) is 0. The average Bonchev–Trinajstić information content (AvgIpc) is 2.30. The van der Waals surface area contributed by atoms with E-state index in [1.54, 1.807) is 0 Å². The van der Waals surface area contributed by atoms with Crippen LogP contribution < -0.4 is 0 Å². The van der Waals surface area contributed by atoms with Gasteiger partial charge in [0.15, 0.2) is 6.04 Å². The van der Waals surface area contributed by atoms with Crippen molar-refractivity contribution in [3.8, 4) is 0 Å². The molecule has 1 amide bonds. The molecule has 0 bridgehead atoms. The fourth-order valence-electron chi connectivity index (χ4n) is 0.934. The van der Waals surface area contributed by atoms with Crippen LogP contribution in [0.25, 0.3) is 0 Å². The second-order valence-corrected chi connectivity index (χ2v) is 5.16. The van der Waals surface area contributed by atoms with Gasteiger partial charge in [0.2, 0.25) is 0 Å². The molecule has 100 valence electrons. The number of amides is 1. The van der Waals surface area contributed by atoms with E-state index in [0.717, 1.165) is 0 Å². The average molecular weight is 277 g/mol. The number of hydrogen-bond acceptors (Lipinski definition) is 4. The van der Waals surface area contributed by atoms with Crippen molar-refractivity contribution in [3.05, 3.63) is 0 Å². The van der Waals surface area contributed by atoms with Gasteiger partial charge in [-0.1, -0.05) is 0 Å². The molecule has 0 aromatic heterocycles. The van der Waals surface area contributed by atoms with Crippen LogP contribution in [-0.4, -0.2) is 39.0 Å². The summed E-state index contributed by atoms with van der Waals surface area (Å²) < 4.78 is 72.2. The highest BCUT2D eigenvalue weighted by molar-refractivity contribution is 7.78. The Hall–Kier alpha value is -0.830. The fourth-order valence-corrected chi connectivity index (χ4v) is 1.68. The van der Waals surface area contributed by atoms with Gasteiger partial charge < -0.3 is 4.74 Å². The highest BCUT2D eigenvalue weighted by Gasteiger charge is 2.53. The van der Waals surface area contributed by atoms with E-state index in [1.807, 2.05) is 0 Å². The van der Waals surface area contributed by atoms with Gasteiger partial charge in [0.25, 0.3) is 11.3 Å². The van der Waals surface area contributed by atoms with Gasteiger partial charge in [0, 0.05) is 0 Å². The summed E-state index contributed by atoms with van der Waals surface area (Å²) in [7, 11) is 0. The molecule has 9 heteroatoms. The predicted molar refractivity (Wildman–Crippen MR) is 52.0 cm³/mol. The molecule has 0 radical (unpaired) electrons. The molecule has 1 aliphatic heterocycles. The molecule has 0 aromatic carbocycles. The second-order valence-electron chi connectivity index (χ2n) is 4.17. The van der Waals surface area contributed by atoms with Crippen LogP contribution in [0.3, 0.4) is 0 Å². The van der Waals surface area contributed by atoms with Gasteiger partial charge in [-0.05, 0) is 20.8 Å². The van der Waals surface area contributed by atoms with Crippen molar-refractivity contribution in [2.45, 2.75) is 38.6 Å². The van der Waals surface area contributed by atoms with E-state index in [0.29, 0.717) is 0 Å². The predicted octanol–water partition coefficient (Wildman–Crippen LogP) is 1.76. The Balaban J connectivity index is 3.10. The van der Waals surface area contributed by atoms with E-state index in [2.05, 4.69) is 8.92 Å². The zero-order valence-electron chi connectivity index (χ0n) is 11.2. The van der Waals surface area contributed by atoms with E-state index < -0.39 is 41.7 Å². The highest BCUT2D eigenvalue weighted by atomic mass is 32.2. The minimum Gasteiger partial charge on any atom is -0.443 e. The van der Waals surface area contributed by atoms with Crippen LogP contribution in [0.1, 0.15) is 23.5 Å². The molecular formula is C8H12F3NO4S. The molecule has 17 heavy (non-hydrogen) atoms. The third-order valence-electron chi connectivity index (χ3n) is 1.51. The molecule has 0 aliphatic carbocycles. The number of alkyl halides is 3. The summed E-state index contributed by atoms with van der Waals surface area (Å²) in [4.78, 5) is 11.6. The molecular weight excluding hydrogens is 263 g/mol. The van der Waals surface area contributed by atoms with Crippen LogP contribution in [0.4, 0.5) is 18.0 Å². The molecule has 5 nitrogen and oxygen atoms in total. The van der Waals surface area contributed by atoms with Gasteiger partial charge in [0.1, 0.15) is 5.60 Å². The van der Waals surface area contributed by atoms with E-state index in [-0.39, 0.29) is 4.31 Å². The lowest BCUT2D eigenvalue weighted by atomic mass is 10.2. The maximum Gasteiger partial charge on any atom is 0.424 e. The Bertz CT molecular complexity index is 410. The lowest BCUT2D eigenvalue weighted by Gasteiger charge is -2.26. The molecule has 1 aliphatic rings. The number of halogens is 3. The highest BCUT2D eigenvalue weighted by Crippen LogP contribution is 2.31. The Kier molecular flexibility index (Phi) is 2.95. The summed E-state index contributed by atoms with van der Waals surface area (Å²) in [6.45, 7) is 0.909. The topological polar surface area (TPSA) is 55.8 Å². The van der Waals surface area contributed by atoms with E-state index in [9.17, 15) is 22.2 Å². The zero-order chi connectivity index (χ0) is 15.2. The normalized spacial score (nSPS) is 30.8. The molecule has 1 saturated heterocycles. The molecule has 0 aromatic rings. The number of ether oxygens (including phenoxy) is 1. The van der Waals surface area contributed by atoms with Crippen molar-refractivity contribution >= 4 is 17.4 Å². The van der Waals surface area contributed by atoms with E-state index >= 15 is 0 Å². The van der Waals surface area contributed by atoms with Crippen LogP contribution in [0.2, 0.25) is 0 Å². The molecule has 1 rings (SSSR count). The quantitative estimate of drug-likeness (QED) is 0.677. The van der Waals surface area contributed by atoms with Crippen LogP contribution in [-0.2, 0) is 20.2 Å². The van der Waals surface area contributed by atoms with Crippen molar-refractivity contribution in [1.82, 2.24) is 4.31 Å². The fraction of sp³-hybridized carbons (Fsp3) is 0.875.